The van der Waals surface area contributed by atoms with Crippen molar-refractivity contribution in [2.24, 2.45) is 23.7 Å². The van der Waals surface area contributed by atoms with Crippen molar-refractivity contribution in [2.75, 3.05) is 0 Å². The van der Waals surface area contributed by atoms with Gasteiger partial charge in [0.2, 0.25) is 0 Å². The Bertz CT molecular complexity index is 448. The molecule has 4 atom stereocenters. The van der Waals surface area contributed by atoms with Crippen LogP contribution >= 0.6 is 17.0 Å². The van der Waals surface area contributed by atoms with E-state index in [9.17, 15) is 0 Å². The molecule has 0 aromatic heterocycles. The molecule has 1 nitrogen and oxygen atoms in total. The topological polar surface area (TPSA) is 14.1 Å². The molecule has 0 N–H and O–H groups in total. The molecular weight excluding hydrogens is 492 g/mol. The summed E-state index contributed by atoms with van der Waals surface area (Å²) in [6, 6.07) is 0. The first-order valence-electron chi connectivity index (χ1n) is 12.3. The first-order chi connectivity index (χ1) is 13.9. The summed E-state index contributed by atoms with van der Waals surface area (Å²) in [6.45, 7) is 12.8. The van der Waals surface area contributed by atoms with Crippen LogP contribution in [0, 0.1) is 30.6 Å². The third-order valence-electron chi connectivity index (χ3n) is 8.53. The summed E-state index contributed by atoms with van der Waals surface area (Å²) in [5, 5.41) is 0. The molecule has 0 amide bonds. The van der Waals surface area contributed by atoms with Crippen molar-refractivity contribution in [3.8, 4) is 0 Å². The summed E-state index contributed by atoms with van der Waals surface area (Å²) in [5.41, 5.74) is 1.36. The van der Waals surface area contributed by atoms with Crippen LogP contribution in [0.3, 0.4) is 0 Å². The first kappa shape index (κ1) is 26.9. The molecule has 0 bridgehead atoms. The van der Waals surface area contributed by atoms with Crippen LogP contribution in [0.2, 0.25) is 18.6 Å². The summed E-state index contributed by atoms with van der Waals surface area (Å²) in [5.74, 6) is 4.30. The van der Waals surface area contributed by atoms with E-state index in [-0.39, 0.29) is 0 Å². The Morgan fingerprint density at radius 2 is 1.14 bits per heavy atom. The third kappa shape index (κ3) is 6.82. The SMILES string of the molecule is CC1([N-][Si](C)(C)C2C3CCCCC3C3CCCCC32)CCCCC1.[CH2-]C.[Cl][Zr+2][Cl]. The molecule has 0 saturated heterocycles. The van der Waals surface area contributed by atoms with E-state index in [0.29, 0.717) is 5.54 Å². The molecule has 168 valence electrons. The second-order valence-corrected chi connectivity index (χ2v) is 18.6. The Kier molecular flexibility index (Phi) is 11.8. The molecule has 0 spiro atoms. The van der Waals surface area contributed by atoms with Gasteiger partial charge < -0.3 is 11.9 Å². The van der Waals surface area contributed by atoms with Crippen LogP contribution in [-0.2, 0) is 20.8 Å². The second-order valence-electron chi connectivity index (χ2n) is 10.6. The van der Waals surface area contributed by atoms with Crippen LogP contribution in [0.4, 0.5) is 0 Å². The zero-order chi connectivity index (χ0) is 21.5. The summed E-state index contributed by atoms with van der Waals surface area (Å²) >= 11 is -0.826. The summed E-state index contributed by atoms with van der Waals surface area (Å²) < 4.78 is 0. The number of rotatable bonds is 3. The van der Waals surface area contributed by atoms with E-state index < -0.39 is 29.1 Å². The minimum absolute atomic E-state index is 0.338. The van der Waals surface area contributed by atoms with Crippen molar-refractivity contribution in [1.29, 1.82) is 0 Å². The van der Waals surface area contributed by atoms with E-state index >= 15 is 0 Å². The molecule has 4 unspecified atom stereocenters. The van der Waals surface area contributed by atoms with Crippen molar-refractivity contribution < 1.29 is 20.8 Å². The van der Waals surface area contributed by atoms with E-state index in [0.717, 1.165) is 29.2 Å². The van der Waals surface area contributed by atoms with Crippen molar-refractivity contribution in [1.82, 2.24) is 0 Å². The van der Waals surface area contributed by atoms with Crippen LogP contribution in [0.5, 0.6) is 0 Å². The van der Waals surface area contributed by atoms with Gasteiger partial charge in [-0.25, -0.2) is 0 Å². The molecule has 0 radical (unpaired) electrons. The Morgan fingerprint density at radius 1 is 0.759 bits per heavy atom. The molecule has 4 aliphatic rings. The second kappa shape index (κ2) is 12.8. The van der Waals surface area contributed by atoms with Crippen LogP contribution in [0.25, 0.3) is 4.98 Å². The van der Waals surface area contributed by atoms with Gasteiger partial charge in [-0.3, -0.25) is 0 Å². The average Bonchev–Trinajstić information content (AvgIpc) is 3.05. The molecule has 0 aromatic carbocycles. The van der Waals surface area contributed by atoms with Gasteiger partial charge in [0.25, 0.3) is 0 Å². The van der Waals surface area contributed by atoms with E-state index in [2.05, 4.69) is 26.9 Å². The predicted octanol–water partition coefficient (Wildman–Crippen LogP) is 9.50. The van der Waals surface area contributed by atoms with Crippen LogP contribution in [0.1, 0.15) is 97.3 Å². The molecule has 4 aliphatic carbocycles. The normalized spacial score (nSPS) is 35.6. The van der Waals surface area contributed by atoms with E-state index in [1.807, 2.05) is 0 Å². The summed E-state index contributed by atoms with van der Waals surface area (Å²) in [7, 11) is 8.35. The number of fused-ring (bicyclic) bond motifs is 3. The minimum atomic E-state index is -1.52. The van der Waals surface area contributed by atoms with Gasteiger partial charge in [0, 0.05) is 0 Å². The van der Waals surface area contributed by atoms with Crippen LogP contribution in [-0.4, -0.2) is 13.8 Å². The molecule has 0 heterocycles. The zero-order valence-corrected chi connectivity index (χ0v) is 24.5. The quantitative estimate of drug-likeness (QED) is 0.251. The van der Waals surface area contributed by atoms with E-state index in [1.165, 1.54) is 57.8 Å². The Morgan fingerprint density at radius 3 is 1.55 bits per heavy atom. The summed E-state index contributed by atoms with van der Waals surface area (Å²) in [4.78, 5) is 5.80. The first-order valence-corrected chi connectivity index (χ1v) is 21.7. The predicted molar refractivity (Wildman–Crippen MR) is 130 cm³/mol. The fourth-order valence-corrected chi connectivity index (χ4v) is 12.6. The molecule has 4 rings (SSSR count). The van der Waals surface area contributed by atoms with Gasteiger partial charge in [-0.15, -0.1) is 5.54 Å². The monoisotopic (exact) mass is 535 g/mol. The van der Waals surface area contributed by atoms with Crippen LogP contribution < -0.4 is 0 Å². The van der Waals surface area contributed by atoms with Crippen molar-refractivity contribution in [2.45, 2.75) is 121 Å². The summed E-state index contributed by atoms with van der Waals surface area (Å²) in [6.07, 6.45) is 19.3. The van der Waals surface area contributed by atoms with Gasteiger partial charge in [-0.1, -0.05) is 104 Å². The fourth-order valence-electron chi connectivity index (χ4n) is 7.89. The number of nitrogens with zero attached hydrogens (tertiary/aromatic N) is 1. The Balaban J connectivity index is 0.000000551. The van der Waals surface area contributed by atoms with Gasteiger partial charge >= 0.3 is 37.9 Å². The van der Waals surface area contributed by atoms with Crippen molar-refractivity contribution >= 4 is 25.3 Å². The van der Waals surface area contributed by atoms with Crippen molar-refractivity contribution in [3.05, 3.63) is 11.9 Å². The molecule has 4 saturated carbocycles. The molecule has 29 heavy (non-hydrogen) atoms. The molecular formula is C24H45Cl2NSiZr. The molecule has 5 heteroatoms. The molecule has 0 aliphatic heterocycles. The van der Waals surface area contributed by atoms with Gasteiger partial charge in [0.15, 0.2) is 0 Å². The molecule has 4 fully saturated rings. The number of halogens is 2. The maximum atomic E-state index is 5.80. The standard InChI is InChI=1S/C22H40NSi.C2H5.2ClH.Zr/c1-22(15-9-4-10-16-22)23-24(2,3)21-19-13-7-5-11-17(19)18-12-6-8-14-20(18)21;1-2;;;/h17-21H,4-16H2,1-3H3;1H2,2H3;2*1H;/q2*-1;;;+4/p-2. The average molecular weight is 538 g/mol. The molecule has 0 aromatic rings. The number of hydrogen-bond donors (Lipinski definition) is 0. The van der Waals surface area contributed by atoms with E-state index in [4.69, 9.17) is 22.0 Å². The number of hydrogen-bond acceptors (Lipinski definition) is 0. The van der Waals surface area contributed by atoms with E-state index in [1.54, 1.807) is 32.6 Å². The van der Waals surface area contributed by atoms with Gasteiger partial charge in [0.1, 0.15) is 0 Å². The van der Waals surface area contributed by atoms with Crippen molar-refractivity contribution in [3.63, 3.8) is 0 Å². The van der Waals surface area contributed by atoms with Gasteiger partial charge in [-0.2, -0.15) is 6.92 Å². The third-order valence-corrected chi connectivity index (χ3v) is 12.1. The van der Waals surface area contributed by atoms with Gasteiger partial charge in [-0.05, 0) is 36.5 Å². The van der Waals surface area contributed by atoms with Crippen LogP contribution in [0.15, 0.2) is 0 Å². The zero-order valence-electron chi connectivity index (χ0n) is 19.5. The Hall–Kier alpha value is 1.64. The Labute approximate surface area is 202 Å². The maximum absolute atomic E-state index is 5.80. The van der Waals surface area contributed by atoms with Gasteiger partial charge in [0.05, 0.1) is 0 Å². The fraction of sp³-hybridized carbons (Fsp3) is 0.958.